The number of hydrogen-bond donors (Lipinski definition) is 2. The first kappa shape index (κ1) is 15.5. The lowest BCUT2D eigenvalue weighted by Crippen LogP contribution is -2.21. The highest BCUT2D eigenvalue weighted by Crippen LogP contribution is 2.26. The number of hydrogen-bond acceptors (Lipinski definition) is 5. The van der Waals surface area contributed by atoms with Gasteiger partial charge in [0.05, 0.1) is 11.1 Å². The number of amides is 1. The predicted molar refractivity (Wildman–Crippen MR) is 90.3 cm³/mol. The zero-order chi connectivity index (χ0) is 17.1. The quantitative estimate of drug-likeness (QED) is 0.440. The molecule has 0 atom stereocenters. The number of carbonyl (C=O) groups is 1. The lowest BCUT2D eigenvalue weighted by Gasteiger charge is -2.06. The zero-order valence-corrected chi connectivity index (χ0v) is 12.8. The van der Waals surface area contributed by atoms with E-state index in [-0.39, 0.29) is 22.6 Å². The first-order valence-electron chi connectivity index (χ1n) is 7.23. The average molecular weight is 322 g/mol. The summed E-state index contributed by atoms with van der Waals surface area (Å²) in [6.07, 6.45) is 0. The Bertz CT molecular complexity index is 991. The first-order chi connectivity index (χ1) is 11.6. The van der Waals surface area contributed by atoms with Gasteiger partial charge in [-0.15, -0.1) is 0 Å². The minimum absolute atomic E-state index is 0.0814. The molecule has 1 aromatic heterocycles. The van der Waals surface area contributed by atoms with Gasteiger partial charge < -0.3 is 9.52 Å². The summed E-state index contributed by atoms with van der Waals surface area (Å²) in [5, 5.41) is 14.6. The smallest absolute Gasteiger partial charge is 0.349 e. The Labute approximate surface area is 137 Å². The lowest BCUT2D eigenvalue weighted by molar-refractivity contribution is 0.0955. The van der Waals surface area contributed by atoms with E-state index in [1.54, 1.807) is 54.6 Å². The SMILES string of the molecule is C/C(=N\NC(=O)c1ccccc1)c1c(O)c2ccccc2oc1=O. The van der Waals surface area contributed by atoms with Gasteiger partial charge in [-0.2, -0.15) is 5.10 Å². The third-order valence-electron chi connectivity index (χ3n) is 3.51. The van der Waals surface area contributed by atoms with Crippen LogP contribution in [-0.2, 0) is 0 Å². The summed E-state index contributed by atoms with van der Waals surface area (Å²) in [7, 11) is 0. The van der Waals surface area contributed by atoms with E-state index in [1.165, 1.54) is 6.92 Å². The second-order valence-corrected chi connectivity index (χ2v) is 5.11. The number of benzene rings is 2. The number of nitrogens with one attached hydrogen (secondary N) is 1. The van der Waals surface area contributed by atoms with Crippen molar-refractivity contribution in [1.82, 2.24) is 5.43 Å². The normalized spacial score (nSPS) is 11.5. The van der Waals surface area contributed by atoms with Gasteiger partial charge >= 0.3 is 5.63 Å². The van der Waals surface area contributed by atoms with E-state index in [2.05, 4.69) is 10.5 Å². The Balaban J connectivity index is 1.95. The van der Waals surface area contributed by atoms with Crippen LogP contribution in [0.3, 0.4) is 0 Å². The molecule has 3 rings (SSSR count). The minimum atomic E-state index is -0.721. The minimum Gasteiger partial charge on any atom is -0.506 e. The number of fused-ring (bicyclic) bond motifs is 1. The van der Waals surface area contributed by atoms with Crippen LogP contribution in [0.25, 0.3) is 11.0 Å². The zero-order valence-electron chi connectivity index (χ0n) is 12.8. The third-order valence-corrected chi connectivity index (χ3v) is 3.51. The highest BCUT2D eigenvalue weighted by Gasteiger charge is 2.16. The van der Waals surface area contributed by atoms with Crippen LogP contribution < -0.4 is 11.1 Å². The second-order valence-electron chi connectivity index (χ2n) is 5.11. The van der Waals surface area contributed by atoms with Crippen molar-refractivity contribution in [2.75, 3.05) is 0 Å². The van der Waals surface area contributed by atoms with Gasteiger partial charge in [-0.1, -0.05) is 30.3 Å². The molecule has 2 aromatic carbocycles. The van der Waals surface area contributed by atoms with Gasteiger partial charge in [-0.25, -0.2) is 10.2 Å². The maximum absolute atomic E-state index is 12.1. The number of carbonyl (C=O) groups excluding carboxylic acids is 1. The molecule has 1 amide bonds. The molecule has 0 spiro atoms. The maximum Gasteiger partial charge on any atom is 0.349 e. The van der Waals surface area contributed by atoms with Gasteiger partial charge in [-0.05, 0) is 31.2 Å². The molecule has 0 bridgehead atoms. The van der Waals surface area contributed by atoms with Crippen LogP contribution in [0, 0.1) is 0 Å². The van der Waals surface area contributed by atoms with Crippen molar-refractivity contribution in [3.05, 3.63) is 76.1 Å². The molecule has 1 heterocycles. The van der Waals surface area contributed by atoms with E-state index in [9.17, 15) is 14.7 Å². The Morgan fingerprint density at radius 1 is 1.08 bits per heavy atom. The van der Waals surface area contributed by atoms with Gasteiger partial charge in [0.25, 0.3) is 5.91 Å². The van der Waals surface area contributed by atoms with E-state index < -0.39 is 11.5 Å². The van der Waals surface area contributed by atoms with E-state index >= 15 is 0 Å². The molecule has 0 unspecified atom stereocenters. The van der Waals surface area contributed by atoms with E-state index in [1.807, 2.05) is 0 Å². The number of nitrogens with zero attached hydrogens (tertiary/aromatic N) is 1. The van der Waals surface area contributed by atoms with E-state index in [4.69, 9.17) is 4.42 Å². The van der Waals surface area contributed by atoms with Gasteiger partial charge in [0.1, 0.15) is 16.9 Å². The molecule has 3 aromatic rings. The summed E-state index contributed by atoms with van der Waals surface area (Å²) in [4.78, 5) is 24.1. The van der Waals surface area contributed by atoms with Gasteiger partial charge in [0, 0.05) is 5.56 Å². The van der Waals surface area contributed by atoms with Crippen molar-refractivity contribution in [2.24, 2.45) is 5.10 Å². The standard InChI is InChI=1S/C18H14N2O4/c1-11(19-20-17(22)12-7-3-2-4-8-12)15-16(21)13-9-5-6-10-14(13)24-18(15)23/h2-10,21H,1H3,(H,20,22)/b19-11+. The summed E-state index contributed by atoms with van der Waals surface area (Å²) >= 11 is 0. The largest absolute Gasteiger partial charge is 0.506 e. The average Bonchev–Trinajstić information content (AvgIpc) is 2.60. The molecule has 2 N–H and O–H groups in total. The highest BCUT2D eigenvalue weighted by atomic mass is 16.4. The molecule has 0 aliphatic rings. The molecule has 0 saturated heterocycles. The maximum atomic E-state index is 12.1. The molecular formula is C18H14N2O4. The van der Waals surface area contributed by atoms with Crippen molar-refractivity contribution in [2.45, 2.75) is 6.92 Å². The van der Waals surface area contributed by atoms with Crippen LogP contribution in [0.15, 0.2) is 68.9 Å². The van der Waals surface area contributed by atoms with Crippen LogP contribution in [-0.4, -0.2) is 16.7 Å². The number of aromatic hydroxyl groups is 1. The van der Waals surface area contributed by atoms with Crippen molar-refractivity contribution >= 4 is 22.6 Å². The fourth-order valence-electron chi connectivity index (χ4n) is 2.30. The molecular weight excluding hydrogens is 308 g/mol. The van der Waals surface area contributed by atoms with Crippen molar-refractivity contribution in [3.63, 3.8) is 0 Å². The summed E-state index contributed by atoms with van der Waals surface area (Å²) < 4.78 is 5.18. The number of para-hydroxylation sites is 1. The molecule has 0 aliphatic carbocycles. The third kappa shape index (κ3) is 2.89. The molecule has 120 valence electrons. The predicted octanol–water partition coefficient (Wildman–Crippen LogP) is 2.65. The van der Waals surface area contributed by atoms with E-state index in [0.29, 0.717) is 10.9 Å². The summed E-state index contributed by atoms with van der Waals surface area (Å²) in [5.74, 6) is -0.642. The second kappa shape index (κ2) is 6.37. The molecule has 0 fully saturated rings. The van der Waals surface area contributed by atoms with Crippen LogP contribution in [0.2, 0.25) is 0 Å². The van der Waals surface area contributed by atoms with Crippen LogP contribution in [0.5, 0.6) is 5.75 Å². The summed E-state index contributed by atoms with van der Waals surface area (Å²) in [6, 6.07) is 15.2. The van der Waals surface area contributed by atoms with Gasteiger partial charge in [0.15, 0.2) is 0 Å². The monoisotopic (exact) mass is 322 g/mol. The molecule has 6 heteroatoms. The molecule has 0 saturated carbocycles. The fourth-order valence-corrected chi connectivity index (χ4v) is 2.30. The first-order valence-corrected chi connectivity index (χ1v) is 7.23. The lowest BCUT2D eigenvalue weighted by atomic mass is 10.1. The van der Waals surface area contributed by atoms with Gasteiger partial charge in [0.2, 0.25) is 0 Å². The Morgan fingerprint density at radius 3 is 2.50 bits per heavy atom. The van der Waals surface area contributed by atoms with Gasteiger partial charge in [-0.3, -0.25) is 4.79 Å². The van der Waals surface area contributed by atoms with Crippen molar-refractivity contribution < 1.29 is 14.3 Å². The molecule has 0 radical (unpaired) electrons. The van der Waals surface area contributed by atoms with Crippen LogP contribution in [0.4, 0.5) is 0 Å². The number of rotatable bonds is 3. The van der Waals surface area contributed by atoms with Crippen LogP contribution >= 0.6 is 0 Å². The molecule has 24 heavy (non-hydrogen) atoms. The Hall–Kier alpha value is -3.41. The fraction of sp³-hybridized carbons (Fsp3) is 0.0556. The molecule has 6 nitrogen and oxygen atoms in total. The summed E-state index contributed by atoms with van der Waals surface area (Å²) in [5.41, 5.74) is 2.42. The van der Waals surface area contributed by atoms with Crippen molar-refractivity contribution in [3.8, 4) is 5.75 Å². The highest BCUT2D eigenvalue weighted by molar-refractivity contribution is 6.05. The topological polar surface area (TPSA) is 91.9 Å². The summed E-state index contributed by atoms with van der Waals surface area (Å²) in [6.45, 7) is 1.51. The van der Waals surface area contributed by atoms with Crippen molar-refractivity contribution in [1.29, 1.82) is 0 Å². The molecule has 0 aliphatic heterocycles. The number of hydrazone groups is 1. The Kier molecular flexibility index (Phi) is 4.11. The Morgan fingerprint density at radius 2 is 1.75 bits per heavy atom. The van der Waals surface area contributed by atoms with Crippen LogP contribution in [0.1, 0.15) is 22.8 Å². The van der Waals surface area contributed by atoms with E-state index in [0.717, 1.165) is 0 Å².